The molecule has 1 aromatic carbocycles. The van der Waals surface area contributed by atoms with Crippen molar-refractivity contribution in [2.75, 3.05) is 21.3 Å². The second kappa shape index (κ2) is 8.67. The van der Waals surface area contributed by atoms with Crippen molar-refractivity contribution in [1.82, 2.24) is 0 Å². The normalized spacial score (nSPS) is 13.2. The van der Waals surface area contributed by atoms with Gasteiger partial charge in [-0.15, -0.1) is 0 Å². The van der Waals surface area contributed by atoms with Crippen molar-refractivity contribution < 1.29 is 18.0 Å². The Labute approximate surface area is 155 Å². The fourth-order valence-electron chi connectivity index (χ4n) is 2.72. The zero-order valence-electron chi connectivity index (χ0n) is 17.5. The van der Waals surface area contributed by atoms with E-state index in [4.69, 9.17) is 18.0 Å². The van der Waals surface area contributed by atoms with Gasteiger partial charge < -0.3 is 18.0 Å². The maximum atomic E-state index is 6.38. The lowest BCUT2D eigenvalue weighted by Crippen LogP contribution is -2.57. The summed E-state index contributed by atoms with van der Waals surface area (Å²) in [4.78, 5) is 0. The number of hydrogen-bond donors (Lipinski definition) is 0. The van der Waals surface area contributed by atoms with Gasteiger partial charge in [-0.05, 0) is 43.7 Å². The van der Waals surface area contributed by atoms with E-state index in [1.165, 1.54) is 5.56 Å². The zero-order chi connectivity index (χ0) is 19.3. The number of benzene rings is 1. The molecule has 0 aliphatic rings. The van der Waals surface area contributed by atoms with Gasteiger partial charge >= 0.3 is 8.80 Å². The molecule has 0 spiro atoms. The smallest absolute Gasteiger partial charge is 0.488 e. The van der Waals surface area contributed by atoms with Crippen molar-refractivity contribution in [2.24, 2.45) is 5.41 Å². The van der Waals surface area contributed by atoms with Crippen molar-refractivity contribution in [3.05, 3.63) is 23.8 Å². The Balaban J connectivity index is 3.58. The van der Waals surface area contributed by atoms with Crippen molar-refractivity contribution in [3.63, 3.8) is 0 Å². The topological polar surface area (TPSA) is 36.9 Å². The molecule has 0 radical (unpaired) electrons. The lowest BCUT2D eigenvalue weighted by atomic mass is 9.83. The molecular formula is C20H36O4Si. The number of hydrogen-bond acceptors (Lipinski definition) is 4. The van der Waals surface area contributed by atoms with Gasteiger partial charge in [0.1, 0.15) is 11.4 Å². The lowest BCUT2D eigenvalue weighted by Gasteiger charge is -2.33. The summed E-state index contributed by atoms with van der Waals surface area (Å²) in [5.41, 5.74) is 1.07. The van der Waals surface area contributed by atoms with Gasteiger partial charge in [0.25, 0.3) is 0 Å². The van der Waals surface area contributed by atoms with Crippen LogP contribution in [0.1, 0.15) is 59.9 Å². The third kappa shape index (κ3) is 5.30. The maximum Gasteiger partial charge on any atom is 0.540 e. The summed E-state index contributed by atoms with van der Waals surface area (Å²) in [6.07, 6.45) is 2.89. The molecule has 0 N–H and O–H groups in total. The van der Waals surface area contributed by atoms with Crippen LogP contribution in [0.5, 0.6) is 5.75 Å². The largest absolute Gasteiger partial charge is 0.540 e. The summed E-state index contributed by atoms with van der Waals surface area (Å²) in [6, 6.07) is 6.18. The summed E-state index contributed by atoms with van der Waals surface area (Å²) in [5, 5.41) is 0.950. The highest BCUT2D eigenvalue weighted by molar-refractivity contribution is 6.76. The van der Waals surface area contributed by atoms with Gasteiger partial charge in [-0.25, -0.2) is 0 Å². The first-order valence-corrected chi connectivity index (χ1v) is 10.8. The lowest BCUT2D eigenvalue weighted by molar-refractivity contribution is 0.102. The minimum atomic E-state index is -3.03. The Kier molecular flexibility index (Phi) is 7.68. The van der Waals surface area contributed by atoms with Gasteiger partial charge in [0.15, 0.2) is 0 Å². The first-order valence-electron chi connectivity index (χ1n) is 9.07. The Morgan fingerprint density at radius 3 is 1.88 bits per heavy atom. The molecule has 1 aromatic rings. The molecule has 0 fully saturated rings. The van der Waals surface area contributed by atoms with E-state index in [9.17, 15) is 0 Å². The van der Waals surface area contributed by atoms with Crippen LogP contribution in [-0.2, 0) is 19.7 Å². The highest BCUT2D eigenvalue weighted by Crippen LogP contribution is 2.30. The fourth-order valence-corrected chi connectivity index (χ4v) is 4.84. The van der Waals surface area contributed by atoms with Crippen molar-refractivity contribution in [3.8, 4) is 5.75 Å². The van der Waals surface area contributed by atoms with Gasteiger partial charge in [-0.1, -0.05) is 46.2 Å². The highest BCUT2D eigenvalue weighted by atomic mass is 28.4. The Hall–Kier alpha value is -0.883. The molecule has 0 aliphatic heterocycles. The van der Waals surface area contributed by atoms with Gasteiger partial charge in [0.2, 0.25) is 0 Å². The predicted octanol–water partition coefficient (Wildman–Crippen LogP) is 4.32. The second-order valence-electron chi connectivity index (χ2n) is 7.87. The monoisotopic (exact) mass is 368 g/mol. The van der Waals surface area contributed by atoms with E-state index in [-0.39, 0.29) is 11.0 Å². The SMILES string of the molecule is CCC(C)(C)Cc1cccc(OC(C)(C)CC)c1[Si](OC)(OC)OC. The molecule has 0 atom stereocenters. The van der Waals surface area contributed by atoms with Gasteiger partial charge in [-0.3, -0.25) is 0 Å². The number of ether oxygens (including phenoxy) is 1. The summed E-state index contributed by atoms with van der Waals surface area (Å²) in [7, 11) is 1.91. The minimum Gasteiger partial charge on any atom is -0.488 e. The first-order chi connectivity index (χ1) is 11.6. The van der Waals surface area contributed by atoms with Crippen LogP contribution in [-0.4, -0.2) is 35.7 Å². The molecule has 4 nitrogen and oxygen atoms in total. The van der Waals surface area contributed by atoms with Crippen LogP contribution < -0.4 is 9.92 Å². The minimum absolute atomic E-state index is 0.170. The molecule has 0 saturated heterocycles. The van der Waals surface area contributed by atoms with E-state index in [0.29, 0.717) is 0 Å². The van der Waals surface area contributed by atoms with Gasteiger partial charge in [-0.2, -0.15) is 0 Å². The molecule has 0 amide bonds. The molecule has 0 aromatic heterocycles. The molecule has 0 heterocycles. The standard InChI is InChI=1S/C20H36O4Si/c1-10-19(3,4)15-16-13-12-14-17(24-20(5,6)11-2)18(16)25(21-7,22-8)23-9/h12-14H,10-11,15H2,1-9H3. The van der Waals surface area contributed by atoms with Crippen LogP contribution in [0, 0.1) is 5.41 Å². The molecule has 0 saturated carbocycles. The summed E-state index contributed by atoms with van der Waals surface area (Å²) in [6.45, 7) is 13.1. The molecule has 0 aliphatic carbocycles. The first kappa shape index (κ1) is 22.2. The Morgan fingerprint density at radius 1 is 0.880 bits per heavy atom. The Morgan fingerprint density at radius 2 is 1.44 bits per heavy atom. The molecule has 144 valence electrons. The Bertz CT molecular complexity index is 506. The average molecular weight is 369 g/mol. The summed E-state index contributed by atoms with van der Waals surface area (Å²) < 4.78 is 23.8. The molecule has 0 bridgehead atoms. The van der Waals surface area contributed by atoms with E-state index in [1.807, 2.05) is 12.1 Å². The van der Waals surface area contributed by atoms with Crippen molar-refractivity contribution in [1.29, 1.82) is 0 Å². The van der Waals surface area contributed by atoms with E-state index in [0.717, 1.165) is 30.2 Å². The van der Waals surface area contributed by atoms with E-state index >= 15 is 0 Å². The van der Waals surface area contributed by atoms with Crippen LogP contribution in [0.25, 0.3) is 0 Å². The van der Waals surface area contributed by atoms with Crippen LogP contribution in [0.15, 0.2) is 18.2 Å². The number of rotatable bonds is 10. The third-order valence-corrected chi connectivity index (χ3v) is 7.88. The average Bonchev–Trinajstić information content (AvgIpc) is 2.58. The van der Waals surface area contributed by atoms with Crippen LogP contribution in [0.3, 0.4) is 0 Å². The maximum absolute atomic E-state index is 6.38. The third-order valence-electron chi connectivity index (χ3n) is 5.09. The molecular weight excluding hydrogens is 332 g/mol. The fraction of sp³-hybridized carbons (Fsp3) is 0.700. The summed E-state index contributed by atoms with van der Waals surface area (Å²) >= 11 is 0. The van der Waals surface area contributed by atoms with Gasteiger partial charge in [0.05, 0.1) is 5.19 Å². The van der Waals surface area contributed by atoms with E-state index in [2.05, 4.69) is 47.6 Å². The molecule has 25 heavy (non-hydrogen) atoms. The van der Waals surface area contributed by atoms with Crippen LogP contribution in [0.4, 0.5) is 0 Å². The van der Waals surface area contributed by atoms with Crippen molar-refractivity contribution >= 4 is 14.0 Å². The molecule has 5 heteroatoms. The van der Waals surface area contributed by atoms with E-state index in [1.54, 1.807) is 21.3 Å². The quantitative estimate of drug-likeness (QED) is 0.576. The van der Waals surface area contributed by atoms with E-state index < -0.39 is 8.80 Å². The molecule has 0 unspecified atom stereocenters. The zero-order valence-corrected chi connectivity index (χ0v) is 18.5. The second-order valence-corrected chi connectivity index (χ2v) is 10.7. The summed E-state index contributed by atoms with van der Waals surface area (Å²) in [5.74, 6) is 0.800. The van der Waals surface area contributed by atoms with Gasteiger partial charge in [0, 0.05) is 21.3 Å². The predicted molar refractivity (Wildman–Crippen MR) is 106 cm³/mol. The van der Waals surface area contributed by atoms with Crippen LogP contribution >= 0.6 is 0 Å². The van der Waals surface area contributed by atoms with Crippen molar-refractivity contribution in [2.45, 2.75) is 66.4 Å². The molecule has 1 rings (SSSR count). The van der Waals surface area contributed by atoms with Crippen LogP contribution in [0.2, 0.25) is 0 Å². The highest BCUT2D eigenvalue weighted by Gasteiger charge is 2.46.